The topological polar surface area (TPSA) is 68.9 Å². The molecule has 0 fully saturated rings. The number of alkyl halides is 2. The molecular formula is C20H23F2N3O2. The molecule has 1 aliphatic carbocycles. The Morgan fingerprint density at radius 1 is 1.22 bits per heavy atom. The highest BCUT2D eigenvalue weighted by Gasteiger charge is 2.14. The Bertz CT molecular complexity index is 825. The summed E-state index contributed by atoms with van der Waals surface area (Å²) in [5.74, 6) is 0.686. The number of guanidine groups is 1. The predicted octanol–water partition coefficient (Wildman–Crippen LogP) is 4.10. The highest BCUT2D eigenvalue weighted by molar-refractivity contribution is 5.93. The van der Waals surface area contributed by atoms with Crippen LogP contribution >= 0.6 is 0 Å². The molecule has 0 saturated heterocycles. The number of nitrogens with zero attached hydrogens (tertiary/aromatic N) is 1. The van der Waals surface area contributed by atoms with Crippen molar-refractivity contribution in [2.24, 2.45) is 10.7 Å². The van der Waals surface area contributed by atoms with Crippen LogP contribution in [-0.4, -0.2) is 19.7 Å². The van der Waals surface area contributed by atoms with E-state index in [1.54, 1.807) is 12.1 Å². The van der Waals surface area contributed by atoms with Gasteiger partial charge in [-0.1, -0.05) is 12.1 Å². The first-order valence-corrected chi connectivity index (χ1v) is 8.86. The summed E-state index contributed by atoms with van der Waals surface area (Å²) < 4.78 is 34.9. The van der Waals surface area contributed by atoms with Gasteiger partial charge in [0.25, 0.3) is 0 Å². The first-order chi connectivity index (χ1) is 13.1. The third-order valence-electron chi connectivity index (χ3n) is 4.57. The molecule has 5 nitrogen and oxygen atoms in total. The van der Waals surface area contributed by atoms with Crippen molar-refractivity contribution in [2.75, 3.05) is 12.4 Å². The molecule has 1 aliphatic rings. The summed E-state index contributed by atoms with van der Waals surface area (Å²) in [7, 11) is 1.46. The lowest BCUT2D eigenvalue weighted by atomic mass is 9.90. The van der Waals surface area contributed by atoms with Gasteiger partial charge in [0.05, 0.1) is 13.7 Å². The molecule has 7 heteroatoms. The van der Waals surface area contributed by atoms with Crippen molar-refractivity contribution in [3.05, 3.63) is 53.1 Å². The van der Waals surface area contributed by atoms with Gasteiger partial charge in [-0.25, -0.2) is 4.99 Å². The third kappa shape index (κ3) is 4.87. The number of ether oxygens (including phenoxy) is 2. The normalized spacial score (nSPS) is 14.0. The highest BCUT2D eigenvalue weighted by atomic mass is 19.3. The van der Waals surface area contributed by atoms with Crippen LogP contribution in [0.3, 0.4) is 0 Å². The van der Waals surface area contributed by atoms with E-state index in [1.807, 2.05) is 12.1 Å². The zero-order valence-corrected chi connectivity index (χ0v) is 15.2. The molecule has 0 spiro atoms. The second kappa shape index (κ2) is 8.70. The zero-order valence-electron chi connectivity index (χ0n) is 15.2. The molecule has 144 valence electrons. The maximum absolute atomic E-state index is 12.6. The van der Waals surface area contributed by atoms with E-state index < -0.39 is 6.61 Å². The Kier molecular flexibility index (Phi) is 6.11. The summed E-state index contributed by atoms with van der Waals surface area (Å²) in [6.07, 6.45) is 4.44. The third-order valence-corrected chi connectivity index (χ3v) is 4.57. The van der Waals surface area contributed by atoms with E-state index in [-0.39, 0.29) is 18.3 Å². The first-order valence-electron chi connectivity index (χ1n) is 8.86. The van der Waals surface area contributed by atoms with Crippen molar-refractivity contribution >= 4 is 11.6 Å². The molecule has 0 unspecified atom stereocenters. The van der Waals surface area contributed by atoms with E-state index in [1.165, 1.54) is 30.7 Å². The smallest absolute Gasteiger partial charge is 0.387 e. The number of fused-ring (bicyclic) bond motifs is 1. The van der Waals surface area contributed by atoms with Crippen LogP contribution in [0.5, 0.6) is 11.5 Å². The molecule has 27 heavy (non-hydrogen) atoms. The molecule has 0 radical (unpaired) electrons. The lowest BCUT2D eigenvalue weighted by molar-refractivity contribution is -0.0505. The lowest BCUT2D eigenvalue weighted by Crippen LogP contribution is -2.24. The van der Waals surface area contributed by atoms with Crippen LogP contribution in [0.1, 0.15) is 29.5 Å². The standard InChI is InChI=1S/C20H23F2N3O2/c1-26-15-10-9-14(18(11-15)27-19(21)22)12-24-20(23)25-17-8-4-6-13-5-2-3-7-16(13)17/h4,6,8-11,19H,2-3,5,7,12H2,1H3,(H3,23,24,25). The van der Waals surface area contributed by atoms with E-state index in [0.717, 1.165) is 24.9 Å². The van der Waals surface area contributed by atoms with Crippen LogP contribution in [0.25, 0.3) is 0 Å². The van der Waals surface area contributed by atoms with Crippen molar-refractivity contribution in [3.8, 4) is 11.5 Å². The fourth-order valence-corrected chi connectivity index (χ4v) is 3.24. The van der Waals surface area contributed by atoms with Crippen LogP contribution in [0.2, 0.25) is 0 Å². The Balaban J connectivity index is 1.74. The molecule has 0 bridgehead atoms. The lowest BCUT2D eigenvalue weighted by Gasteiger charge is -2.19. The minimum absolute atomic E-state index is 0.0259. The van der Waals surface area contributed by atoms with Crippen LogP contribution in [-0.2, 0) is 19.4 Å². The Morgan fingerprint density at radius 3 is 2.81 bits per heavy atom. The molecule has 0 atom stereocenters. The van der Waals surface area contributed by atoms with Gasteiger partial charge in [0.2, 0.25) is 0 Å². The molecule has 0 saturated carbocycles. The van der Waals surface area contributed by atoms with Gasteiger partial charge in [-0.05, 0) is 55.0 Å². The number of nitrogens with one attached hydrogen (secondary N) is 1. The van der Waals surface area contributed by atoms with Crippen molar-refractivity contribution in [1.82, 2.24) is 0 Å². The number of halogens is 2. The van der Waals surface area contributed by atoms with Gasteiger partial charge in [-0.15, -0.1) is 0 Å². The van der Waals surface area contributed by atoms with Gasteiger partial charge >= 0.3 is 6.61 Å². The average Bonchev–Trinajstić information content (AvgIpc) is 2.67. The molecule has 0 amide bonds. The van der Waals surface area contributed by atoms with Crippen LogP contribution < -0.4 is 20.5 Å². The number of aryl methyl sites for hydroxylation is 1. The van der Waals surface area contributed by atoms with Gasteiger partial charge in [0, 0.05) is 17.3 Å². The number of methoxy groups -OCH3 is 1. The molecule has 2 aromatic rings. The minimum Gasteiger partial charge on any atom is -0.497 e. The summed E-state index contributed by atoms with van der Waals surface area (Å²) in [5, 5.41) is 3.14. The van der Waals surface area contributed by atoms with Crippen LogP contribution in [0, 0.1) is 0 Å². The zero-order chi connectivity index (χ0) is 19.2. The molecule has 3 rings (SSSR count). The van der Waals surface area contributed by atoms with Crippen molar-refractivity contribution in [3.63, 3.8) is 0 Å². The Labute approximate surface area is 157 Å². The van der Waals surface area contributed by atoms with E-state index in [4.69, 9.17) is 10.5 Å². The summed E-state index contributed by atoms with van der Waals surface area (Å²) in [5.41, 5.74) is 10.1. The number of benzene rings is 2. The number of anilines is 1. The second-order valence-corrected chi connectivity index (χ2v) is 6.33. The number of nitrogens with two attached hydrogens (primary N) is 1. The van der Waals surface area contributed by atoms with Gasteiger partial charge < -0.3 is 20.5 Å². The molecule has 0 aliphatic heterocycles. The molecule has 2 aromatic carbocycles. The SMILES string of the molecule is COc1ccc(CN=C(N)Nc2cccc3c2CCCC3)c(OC(F)F)c1. The van der Waals surface area contributed by atoms with Crippen molar-refractivity contribution < 1.29 is 18.3 Å². The summed E-state index contributed by atoms with van der Waals surface area (Å²) in [4.78, 5) is 4.28. The fraction of sp³-hybridized carbons (Fsp3) is 0.350. The maximum atomic E-state index is 12.6. The Hall–Kier alpha value is -2.83. The Morgan fingerprint density at radius 2 is 2.04 bits per heavy atom. The summed E-state index contributed by atoms with van der Waals surface area (Å²) in [6.45, 7) is -2.81. The molecular weight excluding hydrogens is 352 g/mol. The minimum atomic E-state index is -2.92. The van der Waals surface area contributed by atoms with Gasteiger partial charge in [-0.3, -0.25) is 0 Å². The van der Waals surface area contributed by atoms with E-state index >= 15 is 0 Å². The average molecular weight is 375 g/mol. The van der Waals surface area contributed by atoms with Crippen molar-refractivity contribution in [1.29, 1.82) is 0 Å². The van der Waals surface area contributed by atoms with Gasteiger partial charge in [0.15, 0.2) is 5.96 Å². The monoisotopic (exact) mass is 375 g/mol. The van der Waals surface area contributed by atoms with E-state index in [0.29, 0.717) is 11.3 Å². The van der Waals surface area contributed by atoms with E-state index in [2.05, 4.69) is 21.1 Å². The number of hydrogen-bond acceptors (Lipinski definition) is 3. The number of hydrogen-bond donors (Lipinski definition) is 2. The van der Waals surface area contributed by atoms with Crippen LogP contribution in [0.4, 0.5) is 14.5 Å². The highest BCUT2D eigenvalue weighted by Crippen LogP contribution is 2.29. The molecule has 3 N–H and O–H groups in total. The fourth-order valence-electron chi connectivity index (χ4n) is 3.24. The van der Waals surface area contributed by atoms with Gasteiger partial charge in [0.1, 0.15) is 11.5 Å². The van der Waals surface area contributed by atoms with Gasteiger partial charge in [-0.2, -0.15) is 8.78 Å². The summed E-state index contributed by atoms with van der Waals surface area (Å²) >= 11 is 0. The van der Waals surface area contributed by atoms with Crippen molar-refractivity contribution in [2.45, 2.75) is 38.8 Å². The van der Waals surface area contributed by atoms with Crippen LogP contribution in [0.15, 0.2) is 41.4 Å². The number of rotatable bonds is 6. The quantitative estimate of drug-likeness (QED) is 0.589. The summed E-state index contributed by atoms with van der Waals surface area (Å²) in [6, 6.07) is 10.8. The second-order valence-electron chi connectivity index (χ2n) is 6.33. The number of aliphatic imine (C=N–C) groups is 1. The van der Waals surface area contributed by atoms with E-state index in [9.17, 15) is 8.78 Å². The largest absolute Gasteiger partial charge is 0.497 e. The predicted molar refractivity (Wildman–Crippen MR) is 102 cm³/mol. The molecule has 0 aromatic heterocycles. The maximum Gasteiger partial charge on any atom is 0.387 e. The first kappa shape index (κ1) is 18.9. The molecule has 0 heterocycles.